The van der Waals surface area contributed by atoms with Gasteiger partial charge in [-0.2, -0.15) is 0 Å². The van der Waals surface area contributed by atoms with Crippen LogP contribution in [0.25, 0.3) is 0 Å². The van der Waals surface area contributed by atoms with Crippen LogP contribution in [0, 0.1) is 5.92 Å². The Morgan fingerprint density at radius 1 is 1.32 bits per heavy atom. The molecule has 1 unspecified atom stereocenters. The summed E-state index contributed by atoms with van der Waals surface area (Å²) in [5, 5.41) is 8.85. The number of hydrogen-bond donors (Lipinski definition) is 1. The van der Waals surface area contributed by atoms with E-state index >= 15 is 0 Å². The van der Waals surface area contributed by atoms with E-state index in [0.717, 1.165) is 0 Å². The Hall–Kier alpha value is -1.11. The average Bonchev–Trinajstić information content (AvgIpc) is 2.52. The van der Waals surface area contributed by atoms with E-state index < -0.39 is 21.3 Å². The maximum Gasteiger partial charge on any atom is 0.323 e. The Morgan fingerprint density at radius 2 is 1.89 bits per heavy atom. The Bertz CT molecular complexity index is 463. The van der Waals surface area contributed by atoms with Crippen molar-refractivity contribution in [2.24, 2.45) is 5.92 Å². The minimum atomic E-state index is -3.01. The van der Waals surface area contributed by atoms with Gasteiger partial charge in [0.05, 0.1) is 11.5 Å². The molecule has 0 aromatic carbocycles. The Balaban J connectivity index is 2.71. The van der Waals surface area contributed by atoms with Crippen LogP contribution in [0.2, 0.25) is 0 Å². The second-order valence-corrected chi connectivity index (χ2v) is 8.25. The van der Waals surface area contributed by atoms with Gasteiger partial charge in [-0.15, -0.1) is 0 Å². The van der Waals surface area contributed by atoms with Crippen molar-refractivity contribution in [3.63, 3.8) is 0 Å². The first kappa shape index (κ1) is 15.9. The predicted molar refractivity (Wildman–Crippen MR) is 70.5 cm³/mol. The second kappa shape index (κ2) is 5.48. The van der Waals surface area contributed by atoms with Gasteiger partial charge >= 0.3 is 5.97 Å². The van der Waals surface area contributed by atoms with E-state index in [-0.39, 0.29) is 36.3 Å². The second-order valence-electron chi connectivity index (χ2n) is 6.02. The Morgan fingerprint density at radius 3 is 2.26 bits per heavy atom. The number of rotatable bonds is 4. The van der Waals surface area contributed by atoms with Crippen molar-refractivity contribution in [2.45, 2.75) is 39.2 Å². The van der Waals surface area contributed by atoms with Crippen molar-refractivity contribution in [3.8, 4) is 0 Å². The summed E-state index contributed by atoms with van der Waals surface area (Å²) in [7, 11) is -3.01. The van der Waals surface area contributed by atoms with Gasteiger partial charge in [0.1, 0.15) is 6.54 Å². The quantitative estimate of drug-likeness (QED) is 0.815. The zero-order chi connectivity index (χ0) is 14.8. The SMILES string of the molecule is CC(C)(C)N(CC(=O)O)C(=O)CC1CCS(=O)(=O)C1. The van der Waals surface area contributed by atoms with Gasteiger partial charge < -0.3 is 10.0 Å². The monoisotopic (exact) mass is 291 g/mol. The van der Waals surface area contributed by atoms with E-state index in [1.54, 1.807) is 20.8 Å². The van der Waals surface area contributed by atoms with E-state index in [4.69, 9.17) is 5.11 Å². The van der Waals surface area contributed by atoms with Gasteiger partial charge in [-0.3, -0.25) is 9.59 Å². The van der Waals surface area contributed by atoms with Gasteiger partial charge in [0.2, 0.25) is 5.91 Å². The van der Waals surface area contributed by atoms with Crippen molar-refractivity contribution in [2.75, 3.05) is 18.1 Å². The predicted octanol–water partition coefficient (Wildman–Crippen LogP) is 0.523. The Labute approximate surface area is 113 Å². The molecule has 0 radical (unpaired) electrons. The summed E-state index contributed by atoms with van der Waals surface area (Å²) < 4.78 is 22.7. The number of aliphatic carboxylic acids is 1. The van der Waals surface area contributed by atoms with Crippen LogP contribution in [0.15, 0.2) is 0 Å². The molecule has 1 aliphatic rings. The van der Waals surface area contributed by atoms with E-state index in [1.165, 1.54) is 4.90 Å². The fourth-order valence-corrected chi connectivity index (χ4v) is 4.09. The summed E-state index contributed by atoms with van der Waals surface area (Å²) >= 11 is 0. The summed E-state index contributed by atoms with van der Waals surface area (Å²) in [5.74, 6) is -1.39. The molecule has 1 rings (SSSR count). The number of nitrogens with zero attached hydrogens (tertiary/aromatic N) is 1. The fourth-order valence-electron chi connectivity index (χ4n) is 2.22. The summed E-state index contributed by atoms with van der Waals surface area (Å²) in [4.78, 5) is 24.3. The van der Waals surface area contributed by atoms with Crippen LogP contribution in [-0.2, 0) is 19.4 Å². The molecule has 1 saturated heterocycles. The van der Waals surface area contributed by atoms with Crippen LogP contribution in [0.5, 0.6) is 0 Å². The van der Waals surface area contributed by atoms with Gasteiger partial charge in [-0.25, -0.2) is 8.42 Å². The highest BCUT2D eigenvalue weighted by molar-refractivity contribution is 7.91. The van der Waals surface area contributed by atoms with Crippen molar-refractivity contribution in [1.29, 1.82) is 0 Å². The highest BCUT2D eigenvalue weighted by Crippen LogP contribution is 2.24. The minimum absolute atomic E-state index is 0.0315. The number of carboxylic acids is 1. The zero-order valence-corrected chi connectivity index (χ0v) is 12.4. The summed E-state index contributed by atoms with van der Waals surface area (Å²) in [6.07, 6.45) is 0.586. The molecule has 19 heavy (non-hydrogen) atoms. The maximum atomic E-state index is 12.2. The summed E-state index contributed by atoms with van der Waals surface area (Å²) in [6, 6.07) is 0. The molecular formula is C12H21NO5S. The molecule has 1 fully saturated rings. The van der Waals surface area contributed by atoms with Gasteiger partial charge in [-0.1, -0.05) is 0 Å². The zero-order valence-electron chi connectivity index (χ0n) is 11.5. The lowest BCUT2D eigenvalue weighted by atomic mass is 10.0. The molecule has 1 atom stereocenters. The van der Waals surface area contributed by atoms with E-state index in [9.17, 15) is 18.0 Å². The third-order valence-electron chi connectivity index (χ3n) is 3.19. The molecule has 6 nitrogen and oxygen atoms in total. The third-order valence-corrected chi connectivity index (χ3v) is 5.03. The van der Waals surface area contributed by atoms with Crippen molar-refractivity contribution in [1.82, 2.24) is 4.90 Å². The van der Waals surface area contributed by atoms with Crippen molar-refractivity contribution >= 4 is 21.7 Å². The number of carbonyl (C=O) groups is 2. The molecule has 1 heterocycles. The lowest BCUT2D eigenvalue weighted by Gasteiger charge is -2.35. The molecular weight excluding hydrogens is 270 g/mol. The highest BCUT2D eigenvalue weighted by atomic mass is 32.2. The number of sulfone groups is 1. The molecule has 0 aliphatic carbocycles. The van der Waals surface area contributed by atoms with Crippen LogP contribution in [0.4, 0.5) is 0 Å². The van der Waals surface area contributed by atoms with Crippen LogP contribution in [0.1, 0.15) is 33.6 Å². The first-order valence-electron chi connectivity index (χ1n) is 6.24. The van der Waals surface area contributed by atoms with Crippen LogP contribution < -0.4 is 0 Å². The van der Waals surface area contributed by atoms with Crippen LogP contribution in [-0.4, -0.2) is 53.9 Å². The molecule has 0 bridgehead atoms. The number of amides is 1. The average molecular weight is 291 g/mol. The molecule has 1 amide bonds. The Kier molecular flexibility index (Phi) is 4.60. The molecule has 7 heteroatoms. The van der Waals surface area contributed by atoms with Crippen LogP contribution in [0.3, 0.4) is 0 Å². The molecule has 0 saturated carbocycles. The standard InChI is InChI=1S/C12H21NO5S/c1-12(2,3)13(7-11(15)16)10(14)6-9-4-5-19(17,18)8-9/h9H,4-8H2,1-3H3,(H,15,16). The fraction of sp³-hybridized carbons (Fsp3) is 0.833. The maximum absolute atomic E-state index is 12.2. The first-order chi connectivity index (χ1) is 8.51. The molecule has 1 N–H and O–H groups in total. The lowest BCUT2D eigenvalue weighted by molar-refractivity contribution is -0.148. The van der Waals surface area contributed by atoms with Gasteiger partial charge in [0, 0.05) is 12.0 Å². The smallest absolute Gasteiger partial charge is 0.323 e. The van der Waals surface area contributed by atoms with Gasteiger partial charge in [0.15, 0.2) is 9.84 Å². The summed E-state index contributed by atoms with van der Waals surface area (Å²) in [6.45, 7) is 4.93. The number of carbonyl (C=O) groups excluding carboxylic acids is 1. The van der Waals surface area contributed by atoms with E-state index in [0.29, 0.717) is 6.42 Å². The normalized spacial score (nSPS) is 22.2. The van der Waals surface area contributed by atoms with E-state index in [1.807, 2.05) is 0 Å². The van der Waals surface area contributed by atoms with E-state index in [2.05, 4.69) is 0 Å². The van der Waals surface area contributed by atoms with Gasteiger partial charge in [-0.05, 0) is 33.1 Å². The lowest BCUT2D eigenvalue weighted by Crippen LogP contribution is -2.48. The van der Waals surface area contributed by atoms with Crippen LogP contribution >= 0.6 is 0 Å². The topological polar surface area (TPSA) is 91.8 Å². The number of carboxylic acid groups (broad SMARTS) is 1. The minimum Gasteiger partial charge on any atom is -0.480 e. The largest absolute Gasteiger partial charge is 0.480 e. The molecule has 1 aliphatic heterocycles. The highest BCUT2D eigenvalue weighted by Gasteiger charge is 2.34. The molecule has 0 aromatic heterocycles. The first-order valence-corrected chi connectivity index (χ1v) is 8.06. The molecule has 110 valence electrons. The van der Waals surface area contributed by atoms with Gasteiger partial charge in [0.25, 0.3) is 0 Å². The number of hydrogen-bond acceptors (Lipinski definition) is 4. The molecule has 0 spiro atoms. The van der Waals surface area contributed by atoms with Crippen molar-refractivity contribution in [3.05, 3.63) is 0 Å². The summed E-state index contributed by atoms with van der Waals surface area (Å²) in [5.41, 5.74) is -0.590. The third kappa shape index (κ3) is 4.81. The molecule has 0 aromatic rings. The van der Waals surface area contributed by atoms with Crippen molar-refractivity contribution < 1.29 is 23.1 Å².